The molecule has 1 aliphatic rings. The van der Waals surface area contributed by atoms with E-state index < -0.39 is 0 Å². The highest BCUT2D eigenvalue weighted by Gasteiger charge is 2.14. The molecule has 0 unspecified atom stereocenters. The van der Waals surface area contributed by atoms with Crippen LogP contribution in [0.15, 0.2) is 47.7 Å². The zero-order valence-corrected chi connectivity index (χ0v) is 15.8. The number of aliphatic imine (C=N–C) groups is 1. The minimum Gasteiger partial charge on any atom is -0.357 e. The van der Waals surface area contributed by atoms with Crippen molar-refractivity contribution in [2.24, 2.45) is 4.99 Å². The predicted octanol–water partition coefficient (Wildman–Crippen LogP) is 3.36. The number of rotatable bonds is 7. The first kappa shape index (κ1) is 18.5. The first-order valence-corrected chi connectivity index (χ1v) is 9.94. The molecule has 140 valence electrons. The lowest BCUT2D eigenvalue weighted by atomic mass is 9.96. The normalized spacial score (nSPS) is 15.8. The van der Waals surface area contributed by atoms with Crippen molar-refractivity contribution in [3.8, 4) is 0 Å². The molecule has 0 atom stereocenters. The SMILES string of the molecule is CCNC(=NCCc1nccn1Cc1ccccc1)NC1CCCCC1. The van der Waals surface area contributed by atoms with Gasteiger partial charge in [0, 0.05) is 44.5 Å². The van der Waals surface area contributed by atoms with Gasteiger partial charge in [0.15, 0.2) is 5.96 Å². The van der Waals surface area contributed by atoms with E-state index in [1.54, 1.807) is 0 Å². The highest BCUT2D eigenvalue weighted by atomic mass is 15.2. The van der Waals surface area contributed by atoms with Crippen LogP contribution >= 0.6 is 0 Å². The Hall–Kier alpha value is -2.30. The summed E-state index contributed by atoms with van der Waals surface area (Å²) in [5.41, 5.74) is 1.29. The number of hydrogen-bond donors (Lipinski definition) is 2. The van der Waals surface area contributed by atoms with Gasteiger partial charge in [0.2, 0.25) is 0 Å². The van der Waals surface area contributed by atoms with E-state index >= 15 is 0 Å². The number of aromatic nitrogens is 2. The molecule has 1 aromatic heterocycles. The molecule has 2 N–H and O–H groups in total. The molecule has 3 rings (SSSR count). The number of hydrogen-bond acceptors (Lipinski definition) is 2. The van der Waals surface area contributed by atoms with E-state index in [1.165, 1.54) is 37.7 Å². The Balaban J connectivity index is 1.55. The second-order valence-corrected chi connectivity index (χ2v) is 6.95. The van der Waals surface area contributed by atoms with Crippen LogP contribution in [0.1, 0.15) is 50.4 Å². The predicted molar refractivity (Wildman–Crippen MR) is 107 cm³/mol. The average molecular weight is 354 g/mol. The van der Waals surface area contributed by atoms with E-state index in [0.29, 0.717) is 6.04 Å². The molecule has 1 aromatic carbocycles. The third kappa shape index (κ3) is 5.61. The molecule has 1 aliphatic carbocycles. The quantitative estimate of drug-likeness (QED) is 0.593. The van der Waals surface area contributed by atoms with Gasteiger partial charge < -0.3 is 15.2 Å². The molecule has 0 saturated heterocycles. The van der Waals surface area contributed by atoms with Crippen LogP contribution in [0.2, 0.25) is 0 Å². The molecular formula is C21H31N5. The van der Waals surface area contributed by atoms with Gasteiger partial charge in [0.1, 0.15) is 5.82 Å². The molecule has 0 radical (unpaired) electrons. The Morgan fingerprint density at radius 3 is 2.77 bits per heavy atom. The topological polar surface area (TPSA) is 54.2 Å². The zero-order valence-electron chi connectivity index (χ0n) is 15.8. The summed E-state index contributed by atoms with van der Waals surface area (Å²) < 4.78 is 2.21. The third-order valence-electron chi connectivity index (χ3n) is 4.89. The van der Waals surface area contributed by atoms with Gasteiger partial charge in [-0.25, -0.2) is 4.98 Å². The number of guanidine groups is 1. The highest BCUT2D eigenvalue weighted by Crippen LogP contribution is 2.17. The number of benzene rings is 1. The summed E-state index contributed by atoms with van der Waals surface area (Å²) in [5.74, 6) is 2.03. The lowest BCUT2D eigenvalue weighted by Gasteiger charge is -2.24. The summed E-state index contributed by atoms with van der Waals surface area (Å²) in [7, 11) is 0. The zero-order chi connectivity index (χ0) is 18.0. The Labute approximate surface area is 156 Å². The van der Waals surface area contributed by atoms with Crippen LogP contribution in [0.25, 0.3) is 0 Å². The molecule has 0 spiro atoms. The molecule has 5 heteroatoms. The van der Waals surface area contributed by atoms with Crippen LogP contribution in [0.3, 0.4) is 0 Å². The van der Waals surface area contributed by atoms with Crippen LogP contribution in [0.5, 0.6) is 0 Å². The minimum absolute atomic E-state index is 0.571. The van der Waals surface area contributed by atoms with Crippen LogP contribution in [0, 0.1) is 0 Å². The number of nitrogens with zero attached hydrogens (tertiary/aromatic N) is 3. The second-order valence-electron chi connectivity index (χ2n) is 6.95. The van der Waals surface area contributed by atoms with Crippen LogP contribution in [-0.4, -0.2) is 34.6 Å². The van der Waals surface area contributed by atoms with E-state index in [-0.39, 0.29) is 0 Å². The fraction of sp³-hybridized carbons (Fsp3) is 0.524. The first-order valence-electron chi connectivity index (χ1n) is 9.94. The molecule has 0 bridgehead atoms. The summed E-state index contributed by atoms with van der Waals surface area (Å²) >= 11 is 0. The van der Waals surface area contributed by atoms with Gasteiger partial charge in [-0.05, 0) is 25.3 Å². The molecule has 0 aliphatic heterocycles. The maximum absolute atomic E-state index is 4.77. The van der Waals surface area contributed by atoms with Gasteiger partial charge >= 0.3 is 0 Å². The maximum atomic E-state index is 4.77. The lowest BCUT2D eigenvalue weighted by Crippen LogP contribution is -2.44. The fourth-order valence-electron chi connectivity index (χ4n) is 3.52. The van der Waals surface area contributed by atoms with Crippen molar-refractivity contribution in [2.75, 3.05) is 13.1 Å². The van der Waals surface area contributed by atoms with Gasteiger partial charge in [-0.3, -0.25) is 4.99 Å². The maximum Gasteiger partial charge on any atom is 0.191 e. The van der Waals surface area contributed by atoms with Crippen molar-refractivity contribution in [3.63, 3.8) is 0 Å². The van der Waals surface area contributed by atoms with Crippen molar-refractivity contribution in [2.45, 2.75) is 58.0 Å². The van der Waals surface area contributed by atoms with Gasteiger partial charge in [0.05, 0.1) is 0 Å². The number of imidazole rings is 1. The van der Waals surface area contributed by atoms with Gasteiger partial charge in [-0.15, -0.1) is 0 Å². The van der Waals surface area contributed by atoms with Crippen molar-refractivity contribution >= 4 is 5.96 Å². The van der Waals surface area contributed by atoms with Crippen molar-refractivity contribution < 1.29 is 0 Å². The van der Waals surface area contributed by atoms with E-state index in [9.17, 15) is 0 Å². The monoisotopic (exact) mass is 353 g/mol. The molecular weight excluding hydrogens is 322 g/mol. The third-order valence-corrected chi connectivity index (χ3v) is 4.89. The highest BCUT2D eigenvalue weighted by molar-refractivity contribution is 5.80. The summed E-state index contributed by atoms with van der Waals surface area (Å²) in [6, 6.07) is 11.1. The molecule has 2 aromatic rings. The average Bonchev–Trinajstić information content (AvgIpc) is 3.10. The van der Waals surface area contributed by atoms with E-state index in [2.05, 4.69) is 63.6 Å². The van der Waals surface area contributed by atoms with Crippen LogP contribution in [0.4, 0.5) is 0 Å². The van der Waals surface area contributed by atoms with E-state index in [0.717, 1.165) is 37.8 Å². The Bertz CT molecular complexity index is 671. The second kappa shape index (κ2) is 10.00. The van der Waals surface area contributed by atoms with Crippen molar-refractivity contribution in [1.29, 1.82) is 0 Å². The van der Waals surface area contributed by atoms with E-state index in [4.69, 9.17) is 4.99 Å². The first-order chi connectivity index (χ1) is 12.8. The fourth-order valence-corrected chi connectivity index (χ4v) is 3.52. The summed E-state index contributed by atoms with van der Waals surface area (Å²) in [5, 5.41) is 6.98. The largest absolute Gasteiger partial charge is 0.357 e. The van der Waals surface area contributed by atoms with Gasteiger partial charge in [-0.1, -0.05) is 49.6 Å². The standard InChI is InChI=1S/C21H31N5/c1-2-22-21(25-19-11-7-4-8-12-19)24-14-13-20-23-15-16-26(20)17-18-9-5-3-6-10-18/h3,5-6,9-10,15-16,19H,2,4,7-8,11-14,17H2,1H3,(H2,22,24,25). The molecule has 1 saturated carbocycles. The summed E-state index contributed by atoms with van der Waals surface area (Å²) in [6.07, 6.45) is 11.3. The van der Waals surface area contributed by atoms with Crippen LogP contribution in [-0.2, 0) is 13.0 Å². The van der Waals surface area contributed by atoms with Crippen LogP contribution < -0.4 is 10.6 Å². The lowest BCUT2D eigenvalue weighted by molar-refractivity contribution is 0.410. The van der Waals surface area contributed by atoms with Gasteiger partial charge in [0.25, 0.3) is 0 Å². The Kier molecular flexibility index (Phi) is 7.11. The van der Waals surface area contributed by atoms with Gasteiger partial charge in [-0.2, -0.15) is 0 Å². The Morgan fingerprint density at radius 1 is 1.19 bits per heavy atom. The molecule has 1 heterocycles. The molecule has 0 amide bonds. The van der Waals surface area contributed by atoms with E-state index in [1.807, 2.05) is 6.20 Å². The van der Waals surface area contributed by atoms with Crippen molar-refractivity contribution in [3.05, 3.63) is 54.1 Å². The smallest absolute Gasteiger partial charge is 0.191 e. The molecule has 5 nitrogen and oxygen atoms in total. The minimum atomic E-state index is 0.571. The molecule has 1 fully saturated rings. The summed E-state index contributed by atoms with van der Waals surface area (Å²) in [6.45, 7) is 4.61. The molecule has 26 heavy (non-hydrogen) atoms. The Morgan fingerprint density at radius 2 is 2.00 bits per heavy atom. The summed E-state index contributed by atoms with van der Waals surface area (Å²) in [4.78, 5) is 9.30. The van der Waals surface area contributed by atoms with Crippen molar-refractivity contribution in [1.82, 2.24) is 20.2 Å². The number of nitrogens with one attached hydrogen (secondary N) is 2.